The lowest BCUT2D eigenvalue weighted by atomic mass is 9.96. The minimum Gasteiger partial charge on any atom is -0.466 e. The number of pyridine rings is 1. The van der Waals surface area contributed by atoms with Crippen LogP contribution in [-0.2, 0) is 16.1 Å². The summed E-state index contributed by atoms with van der Waals surface area (Å²) in [5.41, 5.74) is 1.52. The van der Waals surface area contributed by atoms with Crippen LogP contribution in [0.2, 0.25) is 0 Å². The average molecular weight is 411 g/mol. The van der Waals surface area contributed by atoms with Crippen LogP contribution in [0.1, 0.15) is 35.7 Å². The maximum atomic E-state index is 13.1. The first-order valence-corrected chi connectivity index (χ1v) is 10.2. The Morgan fingerprint density at radius 2 is 2.00 bits per heavy atom. The van der Waals surface area contributed by atoms with Gasteiger partial charge in [0.15, 0.2) is 11.5 Å². The Morgan fingerprint density at radius 3 is 2.80 bits per heavy atom. The Kier molecular flexibility index (Phi) is 6.02. The van der Waals surface area contributed by atoms with Gasteiger partial charge in [-0.05, 0) is 49.6 Å². The molecule has 4 rings (SSSR count). The number of nitrogens with zero attached hydrogens (tertiary/aromatic N) is 2. The van der Waals surface area contributed by atoms with E-state index in [9.17, 15) is 9.59 Å². The molecule has 2 aromatic rings. The average Bonchev–Trinajstić information content (AvgIpc) is 3.25. The number of rotatable bonds is 6. The van der Waals surface area contributed by atoms with E-state index >= 15 is 0 Å². The zero-order valence-corrected chi connectivity index (χ0v) is 16.9. The van der Waals surface area contributed by atoms with Gasteiger partial charge >= 0.3 is 5.97 Å². The topological polar surface area (TPSA) is 90.0 Å². The lowest BCUT2D eigenvalue weighted by Gasteiger charge is -2.31. The van der Waals surface area contributed by atoms with Crippen LogP contribution in [0.15, 0.2) is 36.5 Å². The van der Waals surface area contributed by atoms with Crippen LogP contribution in [0.25, 0.3) is 0 Å². The van der Waals surface area contributed by atoms with Crippen molar-refractivity contribution in [2.24, 2.45) is 5.92 Å². The molecule has 158 valence electrons. The van der Waals surface area contributed by atoms with E-state index in [0.29, 0.717) is 50.5 Å². The SMILES string of the molecule is CCOC(=O)C1CCN(C(=O)c2cccnc2NCc2ccc3c(c2)OCO3)CC1. The predicted molar refractivity (Wildman–Crippen MR) is 109 cm³/mol. The van der Waals surface area contributed by atoms with E-state index in [2.05, 4.69) is 10.3 Å². The molecule has 1 aromatic heterocycles. The third-order valence-electron chi connectivity index (χ3n) is 5.34. The Morgan fingerprint density at radius 1 is 1.20 bits per heavy atom. The zero-order chi connectivity index (χ0) is 20.9. The van der Waals surface area contributed by atoms with E-state index in [1.54, 1.807) is 30.2 Å². The maximum Gasteiger partial charge on any atom is 0.309 e. The van der Waals surface area contributed by atoms with Crippen LogP contribution >= 0.6 is 0 Å². The predicted octanol–water partition coefficient (Wildman–Crippen LogP) is 2.84. The highest BCUT2D eigenvalue weighted by Gasteiger charge is 2.29. The molecular weight excluding hydrogens is 386 g/mol. The first-order valence-electron chi connectivity index (χ1n) is 10.2. The van der Waals surface area contributed by atoms with Crippen LogP contribution < -0.4 is 14.8 Å². The Bertz CT molecular complexity index is 925. The minimum absolute atomic E-state index is 0.0846. The number of aromatic nitrogens is 1. The zero-order valence-electron chi connectivity index (χ0n) is 16.9. The number of carbonyl (C=O) groups is 2. The Hall–Kier alpha value is -3.29. The standard InChI is InChI=1S/C22H25N3O5/c1-2-28-22(27)16-7-10-25(11-8-16)21(26)17-4-3-9-23-20(17)24-13-15-5-6-18-19(12-15)30-14-29-18/h3-6,9,12,16H,2,7-8,10-11,13-14H2,1H3,(H,23,24). The molecule has 0 bridgehead atoms. The molecule has 0 atom stereocenters. The molecule has 30 heavy (non-hydrogen) atoms. The summed E-state index contributed by atoms with van der Waals surface area (Å²) in [6.45, 7) is 3.97. The van der Waals surface area contributed by atoms with E-state index in [1.165, 1.54) is 0 Å². The van der Waals surface area contributed by atoms with Crippen molar-refractivity contribution in [1.82, 2.24) is 9.88 Å². The summed E-state index contributed by atoms with van der Waals surface area (Å²) in [6.07, 6.45) is 2.89. The summed E-state index contributed by atoms with van der Waals surface area (Å²) in [4.78, 5) is 31.1. The molecule has 0 unspecified atom stereocenters. The smallest absolute Gasteiger partial charge is 0.309 e. The number of nitrogens with one attached hydrogen (secondary N) is 1. The van der Waals surface area contributed by atoms with Gasteiger partial charge in [-0.25, -0.2) is 4.98 Å². The maximum absolute atomic E-state index is 13.1. The number of likely N-dealkylation sites (tertiary alicyclic amines) is 1. The van der Waals surface area contributed by atoms with Gasteiger partial charge in [-0.1, -0.05) is 6.07 Å². The third-order valence-corrected chi connectivity index (χ3v) is 5.34. The van der Waals surface area contributed by atoms with Crippen molar-refractivity contribution in [2.45, 2.75) is 26.3 Å². The number of benzene rings is 1. The van der Waals surface area contributed by atoms with Crippen LogP contribution in [0.4, 0.5) is 5.82 Å². The van der Waals surface area contributed by atoms with Crippen molar-refractivity contribution >= 4 is 17.7 Å². The summed E-state index contributed by atoms with van der Waals surface area (Å²) in [5.74, 6) is 1.60. The van der Waals surface area contributed by atoms with Crippen molar-refractivity contribution < 1.29 is 23.8 Å². The molecule has 1 aromatic carbocycles. The molecular formula is C22H25N3O5. The quantitative estimate of drug-likeness (QED) is 0.731. The van der Waals surface area contributed by atoms with Gasteiger partial charge in [-0.3, -0.25) is 9.59 Å². The monoisotopic (exact) mass is 411 g/mol. The third kappa shape index (κ3) is 4.32. The first-order chi connectivity index (χ1) is 14.7. The Labute approximate surface area is 175 Å². The van der Waals surface area contributed by atoms with Crippen molar-refractivity contribution in [2.75, 3.05) is 31.8 Å². The van der Waals surface area contributed by atoms with Crippen LogP contribution in [0.5, 0.6) is 11.5 Å². The highest BCUT2D eigenvalue weighted by molar-refractivity contribution is 5.98. The highest BCUT2D eigenvalue weighted by atomic mass is 16.7. The number of hydrogen-bond acceptors (Lipinski definition) is 7. The molecule has 0 saturated carbocycles. The summed E-state index contributed by atoms with van der Waals surface area (Å²) < 4.78 is 15.9. The number of piperidine rings is 1. The fourth-order valence-corrected chi connectivity index (χ4v) is 3.70. The van der Waals surface area contributed by atoms with Crippen molar-refractivity contribution in [1.29, 1.82) is 0 Å². The lowest BCUT2D eigenvalue weighted by molar-refractivity contribution is -0.149. The van der Waals surface area contributed by atoms with Gasteiger partial charge in [-0.2, -0.15) is 0 Å². The van der Waals surface area contributed by atoms with Gasteiger partial charge < -0.3 is 24.4 Å². The van der Waals surface area contributed by atoms with Gasteiger partial charge in [0, 0.05) is 25.8 Å². The van der Waals surface area contributed by atoms with E-state index in [1.807, 2.05) is 18.2 Å². The number of esters is 1. The van der Waals surface area contributed by atoms with Crippen LogP contribution in [0, 0.1) is 5.92 Å². The number of hydrogen-bond donors (Lipinski definition) is 1. The molecule has 0 aliphatic carbocycles. The number of amides is 1. The van der Waals surface area contributed by atoms with Crippen molar-refractivity contribution in [3.8, 4) is 11.5 Å². The summed E-state index contributed by atoms with van der Waals surface area (Å²) in [5, 5.41) is 3.26. The molecule has 8 heteroatoms. The normalized spacial score (nSPS) is 15.7. The van der Waals surface area contributed by atoms with Crippen LogP contribution in [-0.4, -0.2) is 48.2 Å². The highest BCUT2D eigenvalue weighted by Crippen LogP contribution is 2.32. The molecule has 1 N–H and O–H groups in total. The molecule has 2 aliphatic heterocycles. The molecule has 3 heterocycles. The first kappa shape index (κ1) is 20.0. The summed E-state index contributed by atoms with van der Waals surface area (Å²) in [6, 6.07) is 9.27. The van der Waals surface area contributed by atoms with Gasteiger partial charge in [0.1, 0.15) is 5.82 Å². The van der Waals surface area contributed by atoms with E-state index in [0.717, 1.165) is 17.1 Å². The molecule has 8 nitrogen and oxygen atoms in total. The number of fused-ring (bicyclic) bond motifs is 1. The van der Waals surface area contributed by atoms with Crippen molar-refractivity contribution in [3.05, 3.63) is 47.7 Å². The van der Waals surface area contributed by atoms with Gasteiger partial charge in [0.05, 0.1) is 18.1 Å². The van der Waals surface area contributed by atoms with Gasteiger partial charge in [-0.15, -0.1) is 0 Å². The number of anilines is 1. The number of ether oxygens (including phenoxy) is 3. The molecule has 0 radical (unpaired) electrons. The van der Waals surface area contributed by atoms with E-state index in [-0.39, 0.29) is 24.6 Å². The van der Waals surface area contributed by atoms with Crippen LogP contribution in [0.3, 0.4) is 0 Å². The molecule has 2 aliphatic rings. The second-order valence-corrected chi connectivity index (χ2v) is 7.26. The molecule has 0 spiro atoms. The minimum atomic E-state index is -0.169. The fourth-order valence-electron chi connectivity index (χ4n) is 3.70. The summed E-state index contributed by atoms with van der Waals surface area (Å²) in [7, 11) is 0. The molecule has 1 fully saturated rings. The van der Waals surface area contributed by atoms with Gasteiger partial charge in [0.25, 0.3) is 5.91 Å². The van der Waals surface area contributed by atoms with Gasteiger partial charge in [0.2, 0.25) is 6.79 Å². The van der Waals surface area contributed by atoms with Crippen molar-refractivity contribution in [3.63, 3.8) is 0 Å². The molecule has 1 saturated heterocycles. The molecule has 1 amide bonds. The second-order valence-electron chi connectivity index (χ2n) is 7.26. The fraction of sp³-hybridized carbons (Fsp3) is 0.409. The second kappa shape index (κ2) is 9.02. The lowest BCUT2D eigenvalue weighted by Crippen LogP contribution is -2.41. The van der Waals surface area contributed by atoms with E-state index in [4.69, 9.17) is 14.2 Å². The Balaban J connectivity index is 1.39. The largest absolute Gasteiger partial charge is 0.466 e. The number of carbonyl (C=O) groups excluding carboxylic acids is 2. The van der Waals surface area contributed by atoms with E-state index < -0.39 is 0 Å². The summed E-state index contributed by atoms with van der Waals surface area (Å²) >= 11 is 0.